The van der Waals surface area contributed by atoms with Gasteiger partial charge in [-0.1, -0.05) is 60.7 Å². The van der Waals surface area contributed by atoms with E-state index in [-0.39, 0.29) is 11.7 Å². The van der Waals surface area contributed by atoms with E-state index in [1.54, 1.807) is 23.3 Å². The third kappa shape index (κ3) is 4.79. The number of rotatable bonds is 6. The van der Waals surface area contributed by atoms with Gasteiger partial charge in [0.15, 0.2) is 0 Å². The van der Waals surface area contributed by atoms with Crippen LogP contribution < -0.4 is 0 Å². The van der Waals surface area contributed by atoms with Crippen LogP contribution in [-0.4, -0.2) is 68.7 Å². The number of carbonyl (C=O) groups is 1. The summed E-state index contributed by atoms with van der Waals surface area (Å²) in [6.07, 6.45) is 0. The minimum absolute atomic E-state index is 0.00629. The fourth-order valence-electron chi connectivity index (χ4n) is 3.51. The Morgan fingerprint density at radius 1 is 0.929 bits per heavy atom. The topological polar surface area (TPSA) is 60.9 Å². The molecule has 1 atom stereocenters. The Kier molecular flexibility index (Phi) is 6.49. The molecule has 1 fully saturated rings. The van der Waals surface area contributed by atoms with Gasteiger partial charge in [0.2, 0.25) is 15.9 Å². The first kappa shape index (κ1) is 20.5. The normalized spacial score (nSPS) is 17.2. The second-order valence-corrected chi connectivity index (χ2v) is 9.19. The maximum atomic E-state index is 12.8. The minimum atomic E-state index is -3.38. The molecule has 0 bridgehead atoms. The van der Waals surface area contributed by atoms with Crippen LogP contribution in [0.1, 0.15) is 17.2 Å². The van der Waals surface area contributed by atoms with Crippen molar-refractivity contribution in [2.45, 2.75) is 11.8 Å². The van der Waals surface area contributed by atoms with Crippen molar-refractivity contribution in [1.82, 2.24) is 14.1 Å². The molecule has 0 spiro atoms. The highest BCUT2D eigenvalue weighted by Gasteiger charge is 2.34. The summed E-state index contributed by atoms with van der Waals surface area (Å²) in [5.74, 6) is 0.0128. The first-order chi connectivity index (χ1) is 13.4. The van der Waals surface area contributed by atoms with Crippen molar-refractivity contribution in [1.29, 1.82) is 0 Å². The molecule has 1 amide bonds. The lowest BCUT2D eigenvalue weighted by Gasteiger charge is -2.39. The van der Waals surface area contributed by atoms with Crippen molar-refractivity contribution in [3.63, 3.8) is 0 Å². The highest BCUT2D eigenvalue weighted by molar-refractivity contribution is 7.88. The predicted molar refractivity (Wildman–Crippen MR) is 110 cm³/mol. The van der Waals surface area contributed by atoms with E-state index in [0.717, 1.165) is 11.1 Å². The van der Waals surface area contributed by atoms with E-state index in [1.165, 1.54) is 0 Å². The molecule has 1 aliphatic heterocycles. The quantitative estimate of drug-likeness (QED) is 0.743. The average molecular weight is 402 g/mol. The number of hydrogen-bond donors (Lipinski definition) is 0. The Balaban J connectivity index is 1.71. The SMILES string of the molecule is CN(C)C(=O)C(c1ccccc1)N1CCN(S(=O)(=O)Cc2ccccc2)CC1. The molecule has 0 radical (unpaired) electrons. The molecule has 6 nitrogen and oxygen atoms in total. The van der Waals surface area contributed by atoms with E-state index in [2.05, 4.69) is 4.90 Å². The number of amides is 1. The van der Waals surface area contributed by atoms with Crippen molar-refractivity contribution in [3.05, 3.63) is 71.8 Å². The van der Waals surface area contributed by atoms with E-state index < -0.39 is 16.1 Å². The second-order valence-electron chi connectivity index (χ2n) is 7.22. The van der Waals surface area contributed by atoms with Gasteiger partial charge in [-0.15, -0.1) is 0 Å². The summed E-state index contributed by atoms with van der Waals surface area (Å²) >= 11 is 0. The van der Waals surface area contributed by atoms with Gasteiger partial charge in [0.25, 0.3) is 0 Å². The fraction of sp³-hybridized carbons (Fsp3) is 0.381. The fourth-order valence-corrected chi connectivity index (χ4v) is 5.02. The van der Waals surface area contributed by atoms with E-state index in [1.807, 2.05) is 60.7 Å². The summed E-state index contributed by atoms with van der Waals surface area (Å²) in [6, 6.07) is 18.5. The van der Waals surface area contributed by atoms with Crippen LogP contribution in [0.5, 0.6) is 0 Å². The number of carbonyl (C=O) groups excluding carboxylic acids is 1. The molecule has 0 aromatic heterocycles. The molecule has 3 rings (SSSR count). The van der Waals surface area contributed by atoms with Gasteiger partial charge in [-0.05, 0) is 11.1 Å². The molecule has 1 saturated heterocycles. The van der Waals surface area contributed by atoms with Gasteiger partial charge in [-0.2, -0.15) is 4.31 Å². The molecule has 1 heterocycles. The number of sulfonamides is 1. The highest BCUT2D eigenvalue weighted by Crippen LogP contribution is 2.25. The molecule has 28 heavy (non-hydrogen) atoms. The van der Waals surface area contributed by atoms with Crippen LogP contribution in [0.25, 0.3) is 0 Å². The number of hydrogen-bond acceptors (Lipinski definition) is 4. The van der Waals surface area contributed by atoms with Gasteiger partial charge in [0.05, 0.1) is 5.75 Å². The summed E-state index contributed by atoms with van der Waals surface area (Å²) in [5, 5.41) is 0. The number of likely N-dealkylation sites (N-methyl/N-ethyl adjacent to an activating group) is 1. The maximum absolute atomic E-state index is 12.8. The smallest absolute Gasteiger partial charge is 0.244 e. The van der Waals surface area contributed by atoms with Gasteiger partial charge >= 0.3 is 0 Å². The van der Waals surface area contributed by atoms with Crippen molar-refractivity contribution < 1.29 is 13.2 Å². The lowest BCUT2D eigenvalue weighted by Crippen LogP contribution is -2.52. The molecule has 1 aliphatic rings. The van der Waals surface area contributed by atoms with Crippen molar-refractivity contribution in [2.24, 2.45) is 0 Å². The second kappa shape index (κ2) is 8.86. The summed E-state index contributed by atoms with van der Waals surface area (Å²) < 4.78 is 27.1. The van der Waals surface area contributed by atoms with Crippen LogP contribution in [0, 0.1) is 0 Å². The lowest BCUT2D eigenvalue weighted by molar-refractivity contribution is -0.135. The van der Waals surface area contributed by atoms with Crippen LogP contribution in [0.15, 0.2) is 60.7 Å². The molecule has 2 aromatic rings. The molecule has 150 valence electrons. The molecule has 0 saturated carbocycles. The number of nitrogens with zero attached hydrogens (tertiary/aromatic N) is 3. The Morgan fingerprint density at radius 2 is 1.46 bits per heavy atom. The van der Waals surface area contributed by atoms with E-state index in [4.69, 9.17) is 0 Å². The predicted octanol–water partition coefficient (Wildman–Crippen LogP) is 1.96. The zero-order valence-corrected chi connectivity index (χ0v) is 17.2. The molecular formula is C21H27N3O3S. The third-order valence-electron chi connectivity index (χ3n) is 5.01. The Hall–Kier alpha value is -2.22. The van der Waals surface area contributed by atoms with Crippen LogP contribution >= 0.6 is 0 Å². The van der Waals surface area contributed by atoms with Gasteiger partial charge in [0.1, 0.15) is 6.04 Å². The monoisotopic (exact) mass is 401 g/mol. The highest BCUT2D eigenvalue weighted by atomic mass is 32.2. The van der Waals surface area contributed by atoms with Crippen LogP contribution in [0.3, 0.4) is 0 Å². The largest absolute Gasteiger partial charge is 0.347 e. The Morgan fingerprint density at radius 3 is 2.00 bits per heavy atom. The first-order valence-corrected chi connectivity index (χ1v) is 11.0. The van der Waals surface area contributed by atoms with Crippen LogP contribution in [0.4, 0.5) is 0 Å². The standard InChI is InChI=1S/C21H27N3O3S/c1-22(2)21(25)20(19-11-7-4-8-12-19)23-13-15-24(16-14-23)28(26,27)17-18-9-5-3-6-10-18/h3-12,20H,13-17H2,1-2H3. The molecule has 0 aliphatic carbocycles. The summed E-state index contributed by atoms with van der Waals surface area (Å²) in [4.78, 5) is 16.5. The van der Waals surface area contributed by atoms with Crippen molar-refractivity contribution in [2.75, 3.05) is 40.3 Å². The van der Waals surface area contributed by atoms with Gasteiger partial charge < -0.3 is 4.90 Å². The van der Waals surface area contributed by atoms with Crippen LogP contribution in [-0.2, 0) is 20.6 Å². The summed E-state index contributed by atoms with van der Waals surface area (Å²) in [5.41, 5.74) is 1.72. The number of benzene rings is 2. The first-order valence-electron chi connectivity index (χ1n) is 9.40. The summed E-state index contributed by atoms with van der Waals surface area (Å²) in [6.45, 7) is 1.82. The van der Waals surface area contributed by atoms with Crippen molar-refractivity contribution in [3.8, 4) is 0 Å². The number of piperazine rings is 1. The zero-order chi connectivity index (χ0) is 20.1. The Bertz CT molecular complexity index is 878. The van der Waals surface area contributed by atoms with Crippen LogP contribution in [0.2, 0.25) is 0 Å². The molecule has 0 N–H and O–H groups in total. The van der Waals surface area contributed by atoms with E-state index >= 15 is 0 Å². The average Bonchev–Trinajstić information content (AvgIpc) is 2.70. The minimum Gasteiger partial charge on any atom is -0.347 e. The molecular weight excluding hydrogens is 374 g/mol. The molecule has 7 heteroatoms. The van der Waals surface area contributed by atoms with E-state index in [0.29, 0.717) is 26.2 Å². The summed E-state index contributed by atoms with van der Waals surface area (Å²) in [7, 11) is 0.122. The van der Waals surface area contributed by atoms with E-state index in [9.17, 15) is 13.2 Å². The van der Waals surface area contributed by atoms with Gasteiger partial charge in [-0.25, -0.2) is 8.42 Å². The molecule has 2 aromatic carbocycles. The van der Waals surface area contributed by atoms with Gasteiger partial charge in [0, 0.05) is 40.3 Å². The molecule has 1 unspecified atom stereocenters. The van der Waals surface area contributed by atoms with Gasteiger partial charge in [-0.3, -0.25) is 9.69 Å². The third-order valence-corrected chi connectivity index (χ3v) is 6.86. The Labute approximate surface area is 167 Å². The maximum Gasteiger partial charge on any atom is 0.244 e. The van der Waals surface area contributed by atoms with Crippen molar-refractivity contribution >= 4 is 15.9 Å². The lowest BCUT2D eigenvalue weighted by atomic mass is 10.0. The zero-order valence-electron chi connectivity index (χ0n) is 16.4.